The van der Waals surface area contributed by atoms with E-state index < -0.39 is 0 Å². The summed E-state index contributed by atoms with van der Waals surface area (Å²) in [6.07, 6.45) is 2.35. The quantitative estimate of drug-likeness (QED) is 0.695. The second-order valence-corrected chi connectivity index (χ2v) is 6.90. The molecule has 0 saturated carbocycles. The monoisotopic (exact) mass is 392 g/mol. The van der Waals surface area contributed by atoms with Crippen LogP contribution >= 0.6 is 0 Å². The van der Waals surface area contributed by atoms with Gasteiger partial charge in [0.1, 0.15) is 5.69 Å². The van der Waals surface area contributed by atoms with Crippen molar-refractivity contribution < 1.29 is 9.47 Å². The maximum absolute atomic E-state index is 12.6. The predicted molar refractivity (Wildman–Crippen MR) is 110 cm³/mol. The Morgan fingerprint density at radius 2 is 2.10 bits per heavy atom. The molecule has 0 fully saturated rings. The van der Waals surface area contributed by atoms with Crippen LogP contribution in [0.4, 0.5) is 0 Å². The fourth-order valence-corrected chi connectivity index (χ4v) is 3.65. The summed E-state index contributed by atoms with van der Waals surface area (Å²) in [5, 5.41) is 0. The van der Waals surface area contributed by atoms with E-state index in [-0.39, 0.29) is 5.56 Å². The molecule has 7 heteroatoms. The molecule has 1 aliphatic heterocycles. The van der Waals surface area contributed by atoms with Gasteiger partial charge in [0.25, 0.3) is 5.56 Å². The Morgan fingerprint density at radius 3 is 2.86 bits per heavy atom. The zero-order valence-corrected chi connectivity index (χ0v) is 16.6. The van der Waals surface area contributed by atoms with Crippen molar-refractivity contribution >= 4 is 0 Å². The number of aromatic nitrogens is 3. The highest BCUT2D eigenvalue weighted by Crippen LogP contribution is 2.32. The molecule has 0 unspecified atom stereocenters. The molecule has 0 spiro atoms. The van der Waals surface area contributed by atoms with Crippen LogP contribution in [-0.4, -0.2) is 40.1 Å². The van der Waals surface area contributed by atoms with Gasteiger partial charge in [0.05, 0.1) is 19.4 Å². The van der Waals surface area contributed by atoms with E-state index >= 15 is 0 Å². The van der Waals surface area contributed by atoms with E-state index in [0.29, 0.717) is 37.6 Å². The first-order valence-corrected chi connectivity index (χ1v) is 9.74. The topological polar surface area (TPSA) is 80.3 Å². The van der Waals surface area contributed by atoms with Crippen molar-refractivity contribution in [1.29, 1.82) is 0 Å². The summed E-state index contributed by atoms with van der Waals surface area (Å²) in [6, 6.07) is 11.5. The third-order valence-corrected chi connectivity index (χ3v) is 5.02. The molecule has 0 aliphatic carbocycles. The minimum Gasteiger partial charge on any atom is -0.493 e. The summed E-state index contributed by atoms with van der Waals surface area (Å²) < 4.78 is 11.3. The van der Waals surface area contributed by atoms with Crippen LogP contribution in [0.1, 0.15) is 23.7 Å². The normalized spacial score (nSPS) is 13.7. The third kappa shape index (κ3) is 4.00. The Bertz CT molecular complexity index is 1050. The molecule has 0 saturated heterocycles. The SMILES string of the molecule is CCOc1c(CN2CCc3c(nc(-c4ccccn4)[nH]c3=O)C2)cccc1OC. The molecule has 1 aliphatic rings. The largest absolute Gasteiger partial charge is 0.493 e. The molecule has 0 radical (unpaired) electrons. The average Bonchev–Trinajstić information content (AvgIpc) is 2.75. The summed E-state index contributed by atoms with van der Waals surface area (Å²) >= 11 is 0. The molecule has 2 aromatic heterocycles. The number of pyridine rings is 1. The van der Waals surface area contributed by atoms with E-state index in [4.69, 9.17) is 14.5 Å². The van der Waals surface area contributed by atoms with Gasteiger partial charge in [-0.05, 0) is 31.5 Å². The van der Waals surface area contributed by atoms with Crippen LogP contribution < -0.4 is 15.0 Å². The number of aromatic amines is 1. The molecular formula is C22H24N4O3. The number of para-hydroxylation sites is 1. The average molecular weight is 392 g/mol. The predicted octanol–water partition coefficient (Wildman–Crippen LogP) is 2.80. The minimum absolute atomic E-state index is 0.0771. The summed E-state index contributed by atoms with van der Waals surface area (Å²) in [6.45, 7) is 4.61. The lowest BCUT2D eigenvalue weighted by atomic mass is 10.0. The second kappa shape index (κ2) is 8.45. The molecule has 4 rings (SSSR count). The van der Waals surface area contributed by atoms with Crippen LogP contribution in [0.5, 0.6) is 11.5 Å². The number of nitrogens with zero attached hydrogens (tertiary/aromatic N) is 3. The van der Waals surface area contributed by atoms with Gasteiger partial charge in [-0.25, -0.2) is 4.98 Å². The highest BCUT2D eigenvalue weighted by molar-refractivity contribution is 5.49. The number of fused-ring (bicyclic) bond motifs is 1. The van der Waals surface area contributed by atoms with Crippen LogP contribution in [0.25, 0.3) is 11.5 Å². The molecule has 7 nitrogen and oxygen atoms in total. The lowest BCUT2D eigenvalue weighted by Crippen LogP contribution is -2.35. The van der Waals surface area contributed by atoms with Gasteiger partial charge in [0, 0.05) is 37.0 Å². The van der Waals surface area contributed by atoms with Crippen LogP contribution in [0, 0.1) is 0 Å². The zero-order chi connectivity index (χ0) is 20.2. The zero-order valence-electron chi connectivity index (χ0n) is 16.6. The van der Waals surface area contributed by atoms with E-state index in [1.165, 1.54) is 0 Å². The molecule has 29 heavy (non-hydrogen) atoms. The summed E-state index contributed by atoms with van der Waals surface area (Å²) in [5.41, 5.74) is 3.21. The maximum Gasteiger partial charge on any atom is 0.254 e. The first-order valence-electron chi connectivity index (χ1n) is 9.74. The van der Waals surface area contributed by atoms with Gasteiger partial charge < -0.3 is 14.5 Å². The number of hydrogen-bond acceptors (Lipinski definition) is 6. The summed E-state index contributed by atoms with van der Waals surface area (Å²) in [5.74, 6) is 2.01. The van der Waals surface area contributed by atoms with Crippen molar-refractivity contribution in [2.45, 2.75) is 26.4 Å². The molecule has 1 N–H and O–H groups in total. The van der Waals surface area contributed by atoms with Crippen molar-refractivity contribution in [3.63, 3.8) is 0 Å². The highest BCUT2D eigenvalue weighted by atomic mass is 16.5. The highest BCUT2D eigenvalue weighted by Gasteiger charge is 2.23. The smallest absolute Gasteiger partial charge is 0.254 e. The number of rotatable bonds is 6. The number of ether oxygens (including phenoxy) is 2. The van der Waals surface area contributed by atoms with Gasteiger partial charge in [0.15, 0.2) is 17.3 Å². The van der Waals surface area contributed by atoms with Gasteiger partial charge in [-0.2, -0.15) is 0 Å². The number of nitrogens with one attached hydrogen (secondary N) is 1. The van der Waals surface area contributed by atoms with Gasteiger partial charge in [-0.3, -0.25) is 14.7 Å². The number of hydrogen-bond donors (Lipinski definition) is 1. The van der Waals surface area contributed by atoms with Gasteiger partial charge >= 0.3 is 0 Å². The van der Waals surface area contributed by atoms with Crippen LogP contribution in [0.15, 0.2) is 47.4 Å². The van der Waals surface area contributed by atoms with E-state index in [0.717, 1.165) is 34.9 Å². The van der Waals surface area contributed by atoms with Gasteiger partial charge in [0.2, 0.25) is 0 Å². The maximum atomic E-state index is 12.6. The third-order valence-electron chi connectivity index (χ3n) is 5.02. The van der Waals surface area contributed by atoms with Gasteiger partial charge in [-0.1, -0.05) is 18.2 Å². The molecule has 0 atom stereocenters. The first kappa shape index (κ1) is 19.1. The first-order chi connectivity index (χ1) is 14.2. The molecule has 0 amide bonds. The van der Waals surface area contributed by atoms with Gasteiger partial charge in [-0.15, -0.1) is 0 Å². The number of H-pyrrole nitrogens is 1. The van der Waals surface area contributed by atoms with Crippen molar-refractivity contribution in [2.75, 3.05) is 20.3 Å². The standard InChI is InChI=1S/C22H24N4O3/c1-3-29-20-15(7-6-9-19(20)28-2)13-26-12-10-16-18(14-26)24-21(25-22(16)27)17-8-4-5-11-23-17/h4-9,11H,3,10,12-14H2,1-2H3,(H,24,25,27). The Kier molecular flexibility index (Phi) is 5.57. The Balaban J connectivity index is 1.61. The van der Waals surface area contributed by atoms with Crippen LogP contribution in [0.3, 0.4) is 0 Å². The second-order valence-electron chi connectivity index (χ2n) is 6.90. The molecule has 3 heterocycles. The summed E-state index contributed by atoms with van der Waals surface area (Å²) in [7, 11) is 1.65. The Morgan fingerprint density at radius 1 is 1.21 bits per heavy atom. The minimum atomic E-state index is -0.0771. The molecular weight excluding hydrogens is 368 g/mol. The summed E-state index contributed by atoms with van der Waals surface area (Å²) in [4.78, 5) is 26.7. The van der Waals surface area contributed by atoms with Crippen molar-refractivity contribution in [3.8, 4) is 23.0 Å². The van der Waals surface area contributed by atoms with E-state index in [2.05, 4.69) is 14.9 Å². The Labute approximate surface area is 169 Å². The van der Waals surface area contributed by atoms with E-state index in [1.54, 1.807) is 13.3 Å². The van der Waals surface area contributed by atoms with Crippen molar-refractivity contribution in [1.82, 2.24) is 19.9 Å². The molecule has 150 valence electrons. The van der Waals surface area contributed by atoms with Crippen LogP contribution in [0.2, 0.25) is 0 Å². The number of benzene rings is 1. The molecule has 0 bridgehead atoms. The van der Waals surface area contributed by atoms with E-state index in [9.17, 15) is 4.79 Å². The number of methoxy groups -OCH3 is 1. The fourth-order valence-electron chi connectivity index (χ4n) is 3.65. The Hall–Kier alpha value is -3.19. The molecule has 1 aromatic carbocycles. The van der Waals surface area contributed by atoms with Crippen molar-refractivity contribution in [2.24, 2.45) is 0 Å². The van der Waals surface area contributed by atoms with E-state index in [1.807, 2.05) is 43.3 Å². The lowest BCUT2D eigenvalue weighted by Gasteiger charge is -2.28. The fraction of sp³-hybridized carbons (Fsp3) is 0.318. The van der Waals surface area contributed by atoms with Crippen LogP contribution in [-0.2, 0) is 19.5 Å². The lowest BCUT2D eigenvalue weighted by molar-refractivity contribution is 0.232. The molecule has 3 aromatic rings. The van der Waals surface area contributed by atoms with Crippen molar-refractivity contribution in [3.05, 3.63) is 69.8 Å².